The molecular formula is C9H18O. The molecule has 0 aromatic carbocycles. The maximum absolute atomic E-state index is 5.73. The minimum atomic E-state index is 0.352. The highest BCUT2D eigenvalue weighted by Gasteiger charge is 2.42. The highest BCUT2D eigenvalue weighted by atomic mass is 16.5. The van der Waals surface area contributed by atoms with E-state index in [1.807, 2.05) is 0 Å². The van der Waals surface area contributed by atoms with Crippen molar-refractivity contribution < 1.29 is 4.74 Å². The number of rotatable bonds is 5. The first-order valence-electron chi connectivity index (χ1n) is 4.47. The van der Waals surface area contributed by atoms with E-state index in [1.54, 1.807) is 0 Å². The van der Waals surface area contributed by atoms with Crippen LogP contribution >= 0.6 is 0 Å². The van der Waals surface area contributed by atoms with Crippen LogP contribution in [0.4, 0.5) is 0 Å². The van der Waals surface area contributed by atoms with Crippen LogP contribution in [0, 0.1) is 0 Å². The minimum absolute atomic E-state index is 0.352. The summed E-state index contributed by atoms with van der Waals surface area (Å²) in [5, 5.41) is 0. The quantitative estimate of drug-likeness (QED) is 0.573. The topological polar surface area (TPSA) is 9.23 Å². The van der Waals surface area contributed by atoms with E-state index in [-0.39, 0.29) is 0 Å². The molecule has 1 fully saturated rings. The molecule has 0 aromatic heterocycles. The van der Waals surface area contributed by atoms with E-state index in [1.165, 1.54) is 25.7 Å². The molecule has 0 radical (unpaired) electrons. The molecule has 1 aliphatic carbocycles. The molecule has 0 heterocycles. The lowest BCUT2D eigenvalue weighted by Gasteiger charge is -2.14. The second kappa shape index (κ2) is 3.38. The smallest absolute Gasteiger partial charge is 0.0684 e. The Balaban J connectivity index is 2.11. The van der Waals surface area contributed by atoms with Crippen molar-refractivity contribution in [2.45, 2.75) is 51.6 Å². The molecule has 1 saturated carbocycles. The first kappa shape index (κ1) is 8.06. The van der Waals surface area contributed by atoms with Gasteiger partial charge in [0.15, 0.2) is 0 Å². The molecule has 1 aliphatic rings. The van der Waals surface area contributed by atoms with Crippen LogP contribution in [0.25, 0.3) is 0 Å². The number of hydrogen-bond donors (Lipinski definition) is 0. The monoisotopic (exact) mass is 142 g/mol. The van der Waals surface area contributed by atoms with Crippen LogP contribution in [-0.4, -0.2) is 12.2 Å². The molecule has 0 spiro atoms. The Morgan fingerprint density at radius 1 is 1.20 bits per heavy atom. The average Bonchev–Trinajstić information content (AvgIpc) is 2.67. The zero-order valence-corrected chi connectivity index (χ0v) is 7.15. The third-order valence-electron chi connectivity index (χ3n) is 2.13. The van der Waals surface area contributed by atoms with Crippen molar-refractivity contribution in [2.24, 2.45) is 0 Å². The normalized spacial score (nSPS) is 21.0. The van der Waals surface area contributed by atoms with Gasteiger partial charge in [0, 0.05) is 6.61 Å². The van der Waals surface area contributed by atoms with Crippen LogP contribution in [0.1, 0.15) is 46.0 Å². The molecule has 60 valence electrons. The lowest BCUT2D eigenvalue weighted by Crippen LogP contribution is -2.13. The Kier molecular flexibility index (Phi) is 2.72. The molecule has 0 saturated heterocycles. The number of ether oxygens (including phenoxy) is 1. The van der Waals surface area contributed by atoms with E-state index in [4.69, 9.17) is 4.74 Å². The van der Waals surface area contributed by atoms with Gasteiger partial charge in [0.2, 0.25) is 0 Å². The third-order valence-corrected chi connectivity index (χ3v) is 2.13. The van der Waals surface area contributed by atoms with Gasteiger partial charge in [-0.3, -0.25) is 0 Å². The minimum Gasteiger partial charge on any atom is -0.375 e. The van der Waals surface area contributed by atoms with Gasteiger partial charge in [-0.05, 0) is 25.7 Å². The summed E-state index contributed by atoms with van der Waals surface area (Å²) >= 11 is 0. The van der Waals surface area contributed by atoms with Crippen LogP contribution in [0.5, 0.6) is 0 Å². The SMILES string of the molecule is CCCOC1(CCC)CC1. The zero-order chi connectivity index (χ0) is 7.45. The van der Waals surface area contributed by atoms with Gasteiger partial charge in [-0.25, -0.2) is 0 Å². The number of hydrogen-bond acceptors (Lipinski definition) is 1. The summed E-state index contributed by atoms with van der Waals surface area (Å²) in [7, 11) is 0. The summed E-state index contributed by atoms with van der Waals surface area (Å²) in [6.07, 6.45) is 6.31. The van der Waals surface area contributed by atoms with Gasteiger partial charge in [-0.2, -0.15) is 0 Å². The van der Waals surface area contributed by atoms with Crippen molar-refractivity contribution in [3.63, 3.8) is 0 Å². The van der Waals surface area contributed by atoms with Gasteiger partial charge in [0.25, 0.3) is 0 Å². The second-order valence-electron chi connectivity index (χ2n) is 3.28. The Morgan fingerprint density at radius 3 is 2.30 bits per heavy atom. The van der Waals surface area contributed by atoms with Gasteiger partial charge in [-0.1, -0.05) is 20.3 Å². The highest BCUT2D eigenvalue weighted by molar-refractivity contribution is 4.94. The van der Waals surface area contributed by atoms with Gasteiger partial charge >= 0.3 is 0 Å². The predicted molar refractivity (Wildman–Crippen MR) is 43.1 cm³/mol. The maximum atomic E-state index is 5.73. The van der Waals surface area contributed by atoms with Crippen LogP contribution in [0.15, 0.2) is 0 Å². The van der Waals surface area contributed by atoms with Crippen molar-refractivity contribution in [1.82, 2.24) is 0 Å². The molecule has 1 heteroatoms. The van der Waals surface area contributed by atoms with E-state index in [9.17, 15) is 0 Å². The molecule has 0 atom stereocenters. The second-order valence-corrected chi connectivity index (χ2v) is 3.28. The highest BCUT2D eigenvalue weighted by Crippen LogP contribution is 2.43. The lowest BCUT2D eigenvalue weighted by molar-refractivity contribution is 0.0267. The first-order chi connectivity index (χ1) is 4.83. The van der Waals surface area contributed by atoms with E-state index < -0.39 is 0 Å². The van der Waals surface area contributed by atoms with E-state index in [0.29, 0.717) is 5.60 Å². The van der Waals surface area contributed by atoms with Gasteiger partial charge < -0.3 is 4.74 Å². The summed E-state index contributed by atoms with van der Waals surface area (Å²) in [4.78, 5) is 0. The Labute approximate surface area is 63.8 Å². The predicted octanol–water partition coefficient (Wildman–Crippen LogP) is 2.75. The summed E-state index contributed by atoms with van der Waals surface area (Å²) in [5.74, 6) is 0. The Bertz CT molecular complexity index is 94.9. The van der Waals surface area contributed by atoms with Crippen LogP contribution < -0.4 is 0 Å². The fraction of sp³-hybridized carbons (Fsp3) is 1.00. The van der Waals surface area contributed by atoms with Crippen LogP contribution in [0.3, 0.4) is 0 Å². The standard InChI is InChI=1S/C9H18O/c1-3-5-9(6-7-9)10-8-4-2/h3-8H2,1-2H3. The van der Waals surface area contributed by atoms with Crippen LogP contribution in [0.2, 0.25) is 0 Å². The molecule has 0 bridgehead atoms. The lowest BCUT2D eigenvalue weighted by atomic mass is 10.2. The van der Waals surface area contributed by atoms with Crippen molar-refractivity contribution >= 4 is 0 Å². The maximum Gasteiger partial charge on any atom is 0.0684 e. The molecule has 0 aromatic rings. The fourth-order valence-electron chi connectivity index (χ4n) is 1.38. The Morgan fingerprint density at radius 2 is 1.90 bits per heavy atom. The van der Waals surface area contributed by atoms with Crippen molar-refractivity contribution in [1.29, 1.82) is 0 Å². The summed E-state index contributed by atoms with van der Waals surface area (Å²) < 4.78 is 5.73. The molecular weight excluding hydrogens is 124 g/mol. The van der Waals surface area contributed by atoms with E-state index >= 15 is 0 Å². The molecule has 0 aliphatic heterocycles. The molecule has 0 N–H and O–H groups in total. The van der Waals surface area contributed by atoms with Crippen molar-refractivity contribution in [3.05, 3.63) is 0 Å². The molecule has 1 rings (SSSR count). The molecule has 0 amide bonds. The fourth-order valence-corrected chi connectivity index (χ4v) is 1.38. The molecule has 10 heavy (non-hydrogen) atoms. The van der Waals surface area contributed by atoms with Crippen molar-refractivity contribution in [2.75, 3.05) is 6.61 Å². The van der Waals surface area contributed by atoms with Crippen molar-refractivity contribution in [3.8, 4) is 0 Å². The summed E-state index contributed by atoms with van der Waals surface area (Å²) in [6.45, 7) is 5.36. The van der Waals surface area contributed by atoms with E-state index in [0.717, 1.165) is 13.0 Å². The largest absolute Gasteiger partial charge is 0.375 e. The summed E-state index contributed by atoms with van der Waals surface area (Å²) in [6, 6.07) is 0. The van der Waals surface area contributed by atoms with Crippen LogP contribution in [-0.2, 0) is 4.74 Å². The third kappa shape index (κ3) is 1.98. The van der Waals surface area contributed by atoms with Gasteiger partial charge in [-0.15, -0.1) is 0 Å². The van der Waals surface area contributed by atoms with Gasteiger partial charge in [0.1, 0.15) is 0 Å². The van der Waals surface area contributed by atoms with Gasteiger partial charge in [0.05, 0.1) is 5.60 Å². The summed E-state index contributed by atoms with van der Waals surface area (Å²) in [5.41, 5.74) is 0.352. The molecule has 1 nitrogen and oxygen atoms in total. The van der Waals surface area contributed by atoms with E-state index in [2.05, 4.69) is 13.8 Å². The molecule has 0 unspecified atom stereocenters. The average molecular weight is 142 g/mol. The first-order valence-corrected chi connectivity index (χ1v) is 4.47. The Hall–Kier alpha value is -0.0400. The zero-order valence-electron chi connectivity index (χ0n) is 7.15.